The van der Waals surface area contributed by atoms with Crippen LogP contribution in [0.5, 0.6) is 5.75 Å². The number of anilines is 1. The summed E-state index contributed by atoms with van der Waals surface area (Å²) >= 11 is 0. The first kappa shape index (κ1) is 13.9. The largest absolute Gasteiger partial charge is 0.496 e. The number of carbonyl (C=O) groups is 1. The second kappa shape index (κ2) is 5.24. The zero-order valence-electron chi connectivity index (χ0n) is 11.8. The van der Waals surface area contributed by atoms with E-state index in [0.717, 1.165) is 22.4 Å². The number of hydrogen-bond acceptors (Lipinski definition) is 6. The number of methoxy groups -OCH3 is 2. The maximum Gasteiger partial charge on any atom is 0.345 e. The van der Waals surface area contributed by atoms with E-state index in [9.17, 15) is 4.79 Å². The van der Waals surface area contributed by atoms with Crippen LogP contribution in [0.1, 0.15) is 21.5 Å². The second-order valence-corrected chi connectivity index (χ2v) is 4.33. The summed E-state index contributed by atoms with van der Waals surface area (Å²) in [6, 6.07) is 3.62. The van der Waals surface area contributed by atoms with Crippen LogP contribution in [0.25, 0.3) is 11.3 Å². The van der Waals surface area contributed by atoms with Crippen molar-refractivity contribution in [2.75, 3.05) is 20.0 Å². The summed E-state index contributed by atoms with van der Waals surface area (Å²) in [5.41, 5.74) is 8.80. The molecular weight excluding hydrogens is 260 g/mol. The van der Waals surface area contributed by atoms with Crippen LogP contribution in [-0.2, 0) is 4.74 Å². The van der Waals surface area contributed by atoms with Gasteiger partial charge in [-0.3, -0.25) is 0 Å². The minimum atomic E-state index is -0.577. The van der Waals surface area contributed by atoms with Crippen molar-refractivity contribution in [1.29, 1.82) is 0 Å². The molecular formula is C14H16N2O4. The highest BCUT2D eigenvalue weighted by Gasteiger charge is 2.24. The highest BCUT2D eigenvalue weighted by molar-refractivity contribution is 6.00. The molecule has 0 fully saturated rings. The molecule has 0 saturated carbocycles. The fourth-order valence-electron chi connectivity index (χ4n) is 2.06. The normalized spacial score (nSPS) is 10.4. The van der Waals surface area contributed by atoms with E-state index in [2.05, 4.69) is 5.16 Å². The van der Waals surface area contributed by atoms with Gasteiger partial charge in [0.2, 0.25) is 5.88 Å². The first-order chi connectivity index (χ1) is 9.51. The minimum absolute atomic E-state index is 0.0558. The van der Waals surface area contributed by atoms with E-state index in [1.165, 1.54) is 7.11 Å². The van der Waals surface area contributed by atoms with Gasteiger partial charge in [-0.05, 0) is 37.1 Å². The van der Waals surface area contributed by atoms with Gasteiger partial charge in [-0.2, -0.15) is 0 Å². The highest BCUT2D eigenvalue weighted by atomic mass is 16.5. The first-order valence-electron chi connectivity index (χ1n) is 5.99. The lowest BCUT2D eigenvalue weighted by Gasteiger charge is -2.11. The van der Waals surface area contributed by atoms with E-state index in [1.54, 1.807) is 7.11 Å². The lowest BCUT2D eigenvalue weighted by molar-refractivity contribution is 0.0602. The molecule has 0 aliphatic carbocycles. The molecule has 0 aliphatic heterocycles. The van der Waals surface area contributed by atoms with Crippen molar-refractivity contribution in [3.05, 3.63) is 28.8 Å². The average Bonchev–Trinajstić information content (AvgIpc) is 2.82. The number of benzene rings is 1. The Balaban J connectivity index is 2.64. The molecule has 1 heterocycles. The minimum Gasteiger partial charge on any atom is -0.496 e. The number of nitrogen functional groups attached to an aromatic ring is 1. The van der Waals surface area contributed by atoms with Gasteiger partial charge in [-0.1, -0.05) is 5.16 Å². The van der Waals surface area contributed by atoms with E-state index in [1.807, 2.05) is 26.0 Å². The average molecular weight is 276 g/mol. The predicted molar refractivity (Wildman–Crippen MR) is 73.7 cm³/mol. The van der Waals surface area contributed by atoms with Gasteiger partial charge in [0.1, 0.15) is 11.4 Å². The van der Waals surface area contributed by atoms with Gasteiger partial charge in [0.25, 0.3) is 0 Å². The van der Waals surface area contributed by atoms with Gasteiger partial charge in [0, 0.05) is 5.56 Å². The molecule has 6 heteroatoms. The number of nitrogens with two attached hydrogens (primary N) is 1. The fraction of sp³-hybridized carbons (Fsp3) is 0.286. The molecule has 2 N–H and O–H groups in total. The van der Waals surface area contributed by atoms with E-state index < -0.39 is 5.97 Å². The standard InChI is InChI=1S/C14H16N2O4/c1-7-8(2)10(18-3)6-5-9(7)12-11(14(17)19-4)13(15)20-16-12/h5-6H,15H2,1-4H3. The van der Waals surface area contributed by atoms with Crippen LogP contribution in [0.2, 0.25) is 0 Å². The van der Waals surface area contributed by atoms with Crippen LogP contribution in [0.4, 0.5) is 5.88 Å². The number of rotatable bonds is 3. The van der Waals surface area contributed by atoms with Crippen LogP contribution in [0.15, 0.2) is 16.7 Å². The zero-order chi connectivity index (χ0) is 14.9. The zero-order valence-corrected chi connectivity index (χ0v) is 11.8. The summed E-state index contributed by atoms with van der Waals surface area (Å²) in [6.07, 6.45) is 0. The molecule has 106 valence electrons. The topological polar surface area (TPSA) is 87.6 Å². The van der Waals surface area contributed by atoms with E-state index in [-0.39, 0.29) is 11.4 Å². The maximum absolute atomic E-state index is 11.8. The monoisotopic (exact) mass is 276 g/mol. The molecule has 0 atom stereocenters. The Morgan fingerprint density at radius 3 is 2.55 bits per heavy atom. The molecule has 0 amide bonds. The molecule has 20 heavy (non-hydrogen) atoms. The SMILES string of the molecule is COC(=O)c1c(-c2ccc(OC)c(C)c2C)noc1N. The van der Waals surface area contributed by atoms with Gasteiger partial charge in [-0.25, -0.2) is 4.79 Å². The fourth-order valence-corrected chi connectivity index (χ4v) is 2.06. The van der Waals surface area contributed by atoms with Gasteiger partial charge >= 0.3 is 5.97 Å². The van der Waals surface area contributed by atoms with Crippen LogP contribution >= 0.6 is 0 Å². The third kappa shape index (κ3) is 2.09. The Labute approximate surface area is 116 Å². The molecule has 1 aromatic heterocycles. The van der Waals surface area contributed by atoms with Crippen molar-refractivity contribution in [3.63, 3.8) is 0 Å². The second-order valence-electron chi connectivity index (χ2n) is 4.33. The third-order valence-corrected chi connectivity index (χ3v) is 3.32. The molecule has 0 radical (unpaired) electrons. The van der Waals surface area contributed by atoms with Crippen molar-refractivity contribution in [3.8, 4) is 17.0 Å². The predicted octanol–water partition coefficient (Wildman–Crippen LogP) is 2.34. The molecule has 0 spiro atoms. The van der Waals surface area contributed by atoms with Crippen molar-refractivity contribution in [2.24, 2.45) is 0 Å². The Morgan fingerprint density at radius 2 is 1.95 bits per heavy atom. The van der Waals surface area contributed by atoms with E-state index in [4.69, 9.17) is 19.7 Å². The van der Waals surface area contributed by atoms with E-state index >= 15 is 0 Å². The smallest absolute Gasteiger partial charge is 0.345 e. The number of nitrogens with zero attached hydrogens (tertiary/aromatic N) is 1. The Morgan fingerprint density at radius 1 is 1.25 bits per heavy atom. The van der Waals surface area contributed by atoms with Gasteiger partial charge < -0.3 is 19.7 Å². The summed E-state index contributed by atoms with van der Waals surface area (Å²) in [5, 5.41) is 3.87. The number of hydrogen-bond donors (Lipinski definition) is 1. The number of carbonyl (C=O) groups excluding carboxylic acids is 1. The Hall–Kier alpha value is -2.50. The molecule has 0 saturated heterocycles. The summed E-state index contributed by atoms with van der Waals surface area (Å²) in [6.45, 7) is 3.85. The van der Waals surface area contributed by atoms with Crippen LogP contribution < -0.4 is 10.5 Å². The van der Waals surface area contributed by atoms with Crippen molar-refractivity contribution in [2.45, 2.75) is 13.8 Å². The highest BCUT2D eigenvalue weighted by Crippen LogP contribution is 2.34. The summed E-state index contributed by atoms with van der Waals surface area (Å²) in [5.74, 6) is 0.133. The lowest BCUT2D eigenvalue weighted by Crippen LogP contribution is -2.05. The van der Waals surface area contributed by atoms with Crippen molar-refractivity contribution >= 4 is 11.9 Å². The lowest BCUT2D eigenvalue weighted by atomic mass is 9.98. The third-order valence-electron chi connectivity index (χ3n) is 3.32. The number of ether oxygens (including phenoxy) is 2. The van der Waals surface area contributed by atoms with Crippen LogP contribution in [0.3, 0.4) is 0 Å². The summed E-state index contributed by atoms with van der Waals surface area (Å²) < 4.78 is 14.9. The molecule has 2 aromatic rings. The van der Waals surface area contributed by atoms with Crippen LogP contribution in [0, 0.1) is 13.8 Å². The number of aromatic nitrogens is 1. The maximum atomic E-state index is 11.8. The van der Waals surface area contributed by atoms with Gasteiger partial charge in [0.15, 0.2) is 5.56 Å². The molecule has 6 nitrogen and oxygen atoms in total. The molecule has 0 aliphatic rings. The molecule has 0 unspecified atom stereocenters. The van der Waals surface area contributed by atoms with Gasteiger partial charge in [-0.15, -0.1) is 0 Å². The molecule has 0 bridgehead atoms. The van der Waals surface area contributed by atoms with Crippen LogP contribution in [-0.4, -0.2) is 25.3 Å². The molecule has 2 rings (SSSR count). The van der Waals surface area contributed by atoms with E-state index in [0.29, 0.717) is 5.69 Å². The summed E-state index contributed by atoms with van der Waals surface area (Å²) in [4.78, 5) is 11.8. The summed E-state index contributed by atoms with van der Waals surface area (Å²) in [7, 11) is 2.89. The Kier molecular flexibility index (Phi) is 3.65. The first-order valence-corrected chi connectivity index (χ1v) is 5.99. The Bertz CT molecular complexity index is 661. The number of esters is 1. The van der Waals surface area contributed by atoms with Crippen molar-refractivity contribution in [1.82, 2.24) is 5.16 Å². The molecule has 1 aromatic carbocycles. The van der Waals surface area contributed by atoms with Crippen molar-refractivity contribution < 1.29 is 18.8 Å². The van der Waals surface area contributed by atoms with Gasteiger partial charge in [0.05, 0.1) is 14.2 Å². The quantitative estimate of drug-likeness (QED) is 0.866.